The molecule has 2 N–H and O–H groups in total. The summed E-state index contributed by atoms with van der Waals surface area (Å²) in [4.78, 5) is 26.9. The van der Waals surface area contributed by atoms with Crippen molar-refractivity contribution < 1.29 is 38.7 Å². The normalized spacial score (nSPS) is 17.4. The van der Waals surface area contributed by atoms with Crippen molar-refractivity contribution in [2.75, 3.05) is 41.6 Å². The van der Waals surface area contributed by atoms with Crippen molar-refractivity contribution in [3.8, 4) is 23.0 Å². The van der Waals surface area contributed by atoms with E-state index in [4.69, 9.17) is 18.9 Å². The minimum absolute atomic E-state index is 0.106. The van der Waals surface area contributed by atoms with E-state index in [1.54, 1.807) is 36.4 Å². The van der Waals surface area contributed by atoms with E-state index in [1.807, 2.05) is 0 Å². The van der Waals surface area contributed by atoms with Crippen LogP contribution >= 0.6 is 0 Å². The second-order valence-electron chi connectivity index (χ2n) is 6.90. The van der Waals surface area contributed by atoms with Crippen LogP contribution in [0.1, 0.15) is 17.2 Å². The molecule has 0 radical (unpaired) electrons. The van der Waals surface area contributed by atoms with Crippen molar-refractivity contribution >= 4 is 17.4 Å². The van der Waals surface area contributed by atoms with Gasteiger partial charge in [0.05, 0.1) is 46.7 Å². The number of β-amino-alcohol motifs (C(OH)–C–C–N with tert-alkyl or cyclic N) is 1. The van der Waals surface area contributed by atoms with E-state index in [9.17, 15) is 19.8 Å². The maximum atomic E-state index is 12.9. The van der Waals surface area contributed by atoms with Gasteiger partial charge in [-0.3, -0.25) is 9.59 Å². The molecule has 1 amide bonds. The van der Waals surface area contributed by atoms with E-state index in [0.717, 1.165) is 0 Å². The maximum Gasteiger partial charge on any atom is 0.295 e. The summed E-state index contributed by atoms with van der Waals surface area (Å²) in [6.07, 6.45) is 0. The fourth-order valence-electron chi connectivity index (χ4n) is 3.73. The zero-order valence-corrected chi connectivity index (χ0v) is 18.2. The van der Waals surface area contributed by atoms with E-state index in [2.05, 4.69) is 0 Å². The number of methoxy groups -OCH3 is 4. The molecule has 0 spiro atoms. The largest absolute Gasteiger partial charge is 0.507 e. The predicted molar refractivity (Wildman–Crippen MR) is 115 cm³/mol. The molecule has 9 heteroatoms. The number of carbonyl (C=O) groups is 2. The quantitative estimate of drug-likeness (QED) is 0.362. The van der Waals surface area contributed by atoms with Crippen molar-refractivity contribution in [2.45, 2.75) is 6.04 Å². The molecule has 170 valence electrons. The summed E-state index contributed by atoms with van der Waals surface area (Å²) in [6.45, 7) is -0.470. The average Bonchev–Trinajstić information content (AvgIpc) is 3.07. The number of hydrogen-bond donors (Lipinski definition) is 2. The van der Waals surface area contributed by atoms with Gasteiger partial charge in [0, 0.05) is 12.1 Å². The van der Waals surface area contributed by atoms with Crippen molar-refractivity contribution in [2.24, 2.45) is 0 Å². The lowest BCUT2D eigenvalue weighted by atomic mass is 9.94. The van der Waals surface area contributed by atoms with Crippen LogP contribution in [0.5, 0.6) is 23.0 Å². The number of carbonyl (C=O) groups excluding carboxylic acids is 2. The number of aliphatic hydroxyl groups excluding tert-OH is 2. The third kappa shape index (κ3) is 3.94. The van der Waals surface area contributed by atoms with Crippen molar-refractivity contribution in [3.05, 3.63) is 53.1 Å². The van der Waals surface area contributed by atoms with E-state index in [-0.39, 0.29) is 24.5 Å². The van der Waals surface area contributed by atoms with Gasteiger partial charge < -0.3 is 34.1 Å². The van der Waals surface area contributed by atoms with Crippen LogP contribution in [-0.2, 0) is 9.59 Å². The van der Waals surface area contributed by atoms with Crippen molar-refractivity contribution in [1.29, 1.82) is 0 Å². The molecular formula is C23H25NO8. The molecule has 1 saturated heterocycles. The first-order chi connectivity index (χ1) is 15.4. The molecule has 1 atom stereocenters. The Morgan fingerprint density at radius 3 is 2.00 bits per heavy atom. The Bertz CT molecular complexity index is 1020. The Hall–Kier alpha value is -3.72. The number of amides is 1. The van der Waals surface area contributed by atoms with Crippen LogP contribution < -0.4 is 18.9 Å². The third-order valence-corrected chi connectivity index (χ3v) is 5.25. The van der Waals surface area contributed by atoms with Crippen LogP contribution in [0.25, 0.3) is 5.76 Å². The number of benzene rings is 2. The monoisotopic (exact) mass is 443 g/mol. The molecule has 2 aromatic rings. The average molecular weight is 443 g/mol. The van der Waals surface area contributed by atoms with Crippen LogP contribution in [-0.4, -0.2) is 68.4 Å². The molecule has 0 bridgehead atoms. The number of likely N-dealkylation sites (tertiary alicyclic amines) is 1. The van der Waals surface area contributed by atoms with Gasteiger partial charge in [0.15, 0.2) is 11.5 Å². The molecule has 1 aliphatic rings. The lowest BCUT2D eigenvalue weighted by Gasteiger charge is -2.26. The number of hydrogen-bond acceptors (Lipinski definition) is 8. The van der Waals surface area contributed by atoms with E-state index in [1.165, 1.54) is 33.3 Å². The van der Waals surface area contributed by atoms with Gasteiger partial charge in [-0.15, -0.1) is 0 Å². The smallest absolute Gasteiger partial charge is 0.295 e. The van der Waals surface area contributed by atoms with Crippen LogP contribution in [0.4, 0.5) is 0 Å². The Balaban J connectivity index is 2.24. The van der Waals surface area contributed by atoms with Gasteiger partial charge in [-0.1, -0.05) is 0 Å². The number of ether oxygens (including phenoxy) is 4. The summed E-state index contributed by atoms with van der Waals surface area (Å²) in [6, 6.07) is 8.66. The highest BCUT2D eigenvalue weighted by Crippen LogP contribution is 2.45. The van der Waals surface area contributed by atoms with Gasteiger partial charge in [0.25, 0.3) is 11.7 Å². The number of aliphatic hydroxyl groups is 2. The molecule has 0 saturated carbocycles. The fraction of sp³-hybridized carbons (Fsp3) is 0.304. The minimum atomic E-state index is -0.974. The topological polar surface area (TPSA) is 115 Å². The Kier molecular flexibility index (Phi) is 6.89. The Labute approximate surface area is 185 Å². The second-order valence-corrected chi connectivity index (χ2v) is 6.90. The number of ketones is 1. The number of Topliss-reactive ketones (excluding diaryl/α,β-unsaturated/α-hetero) is 1. The predicted octanol–water partition coefficient (Wildman–Crippen LogP) is 2.14. The first-order valence-corrected chi connectivity index (χ1v) is 9.75. The summed E-state index contributed by atoms with van der Waals surface area (Å²) in [7, 11) is 5.87. The van der Waals surface area contributed by atoms with Crippen LogP contribution in [0.3, 0.4) is 0 Å². The summed E-state index contributed by atoms with van der Waals surface area (Å²) in [5.41, 5.74) is 0.676. The van der Waals surface area contributed by atoms with E-state index >= 15 is 0 Å². The first kappa shape index (κ1) is 23.0. The zero-order valence-electron chi connectivity index (χ0n) is 18.2. The first-order valence-electron chi connectivity index (χ1n) is 9.75. The zero-order chi connectivity index (χ0) is 23.4. The van der Waals surface area contributed by atoms with E-state index in [0.29, 0.717) is 34.1 Å². The molecule has 1 unspecified atom stereocenters. The molecule has 2 aromatic carbocycles. The summed E-state index contributed by atoms with van der Waals surface area (Å²) in [5.74, 6) is -0.471. The summed E-state index contributed by atoms with van der Waals surface area (Å²) < 4.78 is 21.3. The highest BCUT2D eigenvalue weighted by atomic mass is 16.5. The van der Waals surface area contributed by atoms with Crippen molar-refractivity contribution in [1.82, 2.24) is 4.90 Å². The lowest BCUT2D eigenvalue weighted by molar-refractivity contribution is -0.140. The number of nitrogens with zero attached hydrogens (tertiary/aromatic N) is 1. The van der Waals surface area contributed by atoms with Crippen LogP contribution in [0.2, 0.25) is 0 Å². The third-order valence-electron chi connectivity index (χ3n) is 5.25. The van der Waals surface area contributed by atoms with Gasteiger partial charge in [0.2, 0.25) is 5.75 Å². The molecule has 32 heavy (non-hydrogen) atoms. The Morgan fingerprint density at radius 1 is 0.938 bits per heavy atom. The van der Waals surface area contributed by atoms with Gasteiger partial charge in [-0.2, -0.15) is 0 Å². The summed E-state index contributed by atoms with van der Waals surface area (Å²) >= 11 is 0. The molecule has 0 aliphatic carbocycles. The highest BCUT2D eigenvalue weighted by Gasteiger charge is 2.46. The Morgan fingerprint density at radius 2 is 1.53 bits per heavy atom. The number of rotatable bonds is 8. The van der Waals surface area contributed by atoms with Crippen molar-refractivity contribution in [3.63, 3.8) is 0 Å². The molecule has 0 aromatic heterocycles. The standard InChI is InChI=1S/C23H25NO8/c1-29-15-7-5-13(6-8-15)20(26)18-19(24(9-10-25)23(28)21(18)27)14-11-16(30-2)22(32-4)17(12-14)31-3/h5-8,11-12,19,25-26H,9-10H2,1-4H3. The SMILES string of the molecule is COc1ccc(C(O)=C2C(=O)C(=O)N(CCO)C2c2cc(OC)c(OC)c(OC)c2)cc1. The molecule has 1 heterocycles. The second kappa shape index (κ2) is 9.61. The summed E-state index contributed by atoms with van der Waals surface area (Å²) in [5, 5.41) is 20.5. The molecule has 1 fully saturated rings. The molecule has 1 aliphatic heterocycles. The lowest BCUT2D eigenvalue weighted by Crippen LogP contribution is -2.32. The van der Waals surface area contributed by atoms with Crippen LogP contribution in [0.15, 0.2) is 42.0 Å². The van der Waals surface area contributed by atoms with E-state index < -0.39 is 17.7 Å². The van der Waals surface area contributed by atoms with Crippen LogP contribution in [0, 0.1) is 0 Å². The van der Waals surface area contributed by atoms with Gasteiger partial charge in [-0.25, -0.2) is 0 Å². The van der Waals surface area contributed by atoms with Gasteiger partial charge >= 0.3 is 0 Å². The fourth-order valence-corrected chi connectivity index (χ4v) is 3.73. The highest BCUT2D eigenvalue weighted by molar-refractivity contribution is 6.46. The van der Waals surface area contributed by atoms with Gasteiger partial charge in [-0.05, 0) is 42.0 Å². The minimum Gasteiger partial charge on any atom is -0.507 e. The van der Waals surface area contributed by atoms with Gasteiger partial charge in [0.1, 0.15) is 11.5 Å². The molecule has 3 rings (SSSR count). The molecule has 9 nitrogen and oxygen atoms in total. The molecular weight excluding hydrogens is 418 g/mol. The maximum absolute atomic E-state index is 12.9.